The van der Waals surface area contributed by atoms with Gasteiger partial charge in [-0.3, -0.25) is 4.57 Å². The fraction of sp³-hybridized carbons (Fsp3) is 0.273. The maximum atomic E-state index is 10.9. The maximum absolute atomic E-state index is 10.9. The van der Waals surface area contributed by atoms with Crippen LogP contribution in [0.25, 0.3) is 0 Å². The van der Waals surface area contributed by atoms with Gasteiger partial charge in [0.25, 0.3) is 0 Å². The fourth-order valence-corrected chi connectivity index (χ4v) is 1.68. The highest BCUT2D eigenvalue weighted by Crippen LogP contribution is 2.24. The SMILES string of the molecule is Cc1nc([N+](=O)[O-])c(NCc2ccc(C(=O)O)o2)n1C. The molecule has 9 nitrogen and oxygen atoms in total. The van der Waals surface area contributed by atoms with Gasteiger partial charge in [0.15, 0.2) is 0 Å². The van der Waals surface area contributed by atoms with Gasteiger partial charge < -0.3 is 25.0 Å². The first-order valence-electron chi connectivity index (χ1n) is 5.63. The van der Waals surface area contributed by atoms with Crippen molar-refractivity contribution in [2.45, 2.75) is 13.5 Å². The number of nitrogens with zero attached hydrogens (tertiary/aromatic N) is 3. The minimum atomic E-state index is -1.17. The van der Waals surface area contributed by atoms with Crippen LogP contribution in [0.5, 0.6) is 0 Å². The van der Waals surface area contributed by atoms with E-state index in [4.69, 9.17) is 9.52 Å². The summed E-state index contributed by atoms with van der Waals surface area (Å²) in [6.07, 6.45) is 0. The molecule has 0 aliphatic rings. The minimum Gasteiger partial charge on any atom is -0.475 e. The number of imidazole rings is 1. The molecule has 2 rings (SSSR count). The monoisotopic (exact) mass is 280 g/mol. The number of nitro groups is 1. The van der Waals surface area contributed by atoms with Crippen molar-refractivity contribution in [1.29, 1.82) is 0 Å². The Morgan fingerprint density at radius 1 is 1.60 bits per heavy atom. The summed E-state index contributed by atoms with van der Waals surface area (Å²) >= 11 is 0. The smallest absolute Gasteiger partial charge is 0.406 e. The highest BCUT2D eigenvalue weighted by molar-refractivity contribution is 5.84. The summed E-state index contributed by atoms with van der Waals surface area (Å²) in [5, 5.41) is 22.4. The molecule has 0 saturated heterocycles. The first-order valence-corrected chi connectivity index (χ1v) is 5.63. The highest BCUT2D eigenvalue weighted by atomic mass is 16.6. The molecule has 0 radical (unpaired) electrons. The average Bonchev–Trinajstić information content (AvgIpc) is 2.94. The summed E-state index contributed by atoms with van der Waals surface area (Å²) in [5.74, 6) is -0.549. The Hall–Kier alpha value is -2.84. The largest absolute Gasteiger partial charge is 0.475 e. The topological polar surface area (TPSA) is 123 Å². The number of anilines is 1. The van der Waals surface area contributed by atoms with Gasteiger partial charge >= 0.3 is 11.8 Å². The molecule has 0 atom stereocenters. The second-order valence-electron chi connectivity index (χ2n) is 4.07. The number of aromatic carboxylic acids is 1. The van der Waals surface area contributed by atoms with Crippen molar-refractivity contribution >= 4 is 17.6 Å². The number of hydrogen-bond donors (Lipinski definition) is 2. The van der Waals surface area contributed by atoms with Crippen LogP contribution in [-0.4, -0.2) is 25.6 Å². The predicted octanol–water partition coefficient (Wildman–Crippen LogP) is 1.54. The molecular weight excluding hydrogens is 268 g/mol. The molecule has 0 fully saturated rings. The van der Waals surface area contributed by atoms with Gasteiger partial charge in [-0.1, -0.05) is 0 Å². The minimum absolute atomic E-state index is 0.118. The van der Waals surface area contributed by atoms with Crippen LogP contribution in [0.4, 0.5) is 11.6 Å². The van der Waals surface area contributed by atoms with E-state index in [2.05, 4.69) is 10.3 Å². The summed E-state index contributed by atoms with van der Waals surface area (Å²) in [5.41, 5.74) is 0. The number of rotatable bonds is 5. The zero-order chi connectivity index (χ0) is 14.9. The van der Waals surface area contributed by atoms with Crippen molar-refractivity contribution < 1.29 is 19.2 Å². The van der Waals surface area contributed by atoms with Crippen LogP contribution in [0.3, 0.4) is 0 Å². The van der Waals surface area contributed by atoms with E-state index < -0.39 is 10.9 Å². The molecule has 0 spiro atoms. The number of carboxylic acid groups (broad SMARTS) is 1. The van der Waals surface area contributed by atoms with Gasteiger partial charge in [-0.05, 0) is 22.0 Å². The molecule has 0 aliphatic heterocycles. The highest BCUT2D eigenvalue weighted by Gasteiger charge is 2.23. The van der Waals surface area contributed by atoms with E-state index in [1.54, 1.807) is 18.5 Å². The van der Waals surface area contributed by atoms with Crippen LogP contribution in [0.15, 0.2) is 16.5 Å². The van der Waals surface area contributed by atoms with E-state index in [0.29, 0.717) is 11.6 Å². The molecule has 106 valence electrons. The number of carboxylic acids is 1. The zero-order valence-electron chi connectivity index (χ0n) is 10.8. The summed E-state index contributed by atoms with van der Waals surface area (Å²) in [6.45, 7) is 1.76. The van der Waals surface area contributed by atoms with Gasteiger partial charge in [-0.15, -0.1) is 0 Å². The Morgan fingerprint density at radius 3 is 2.85 bits per heavy atom. The normalized spacial score (nSPS) is 10.5. The second-order valence-corrected chi connectivity index (χ2v) is 4.07. The lowest BCUT2D eigenvalue weighted by Gasteiger charge is -2.04. The van der Waals surface area contributed by atoms with Crippen LogP contribution in [0.1, 0.15) is 22.1 Å². The molecule has 0 aromatic carbocycles. The van der Waals surface area contributed by atoms with E-state index in [1.807, 2.05) is 0 Å². The Labute approximate surface area is 113 Å². The number of furan rings is 1. The number of nitrogens with one attached hydrogen (secondary N) is 1. The second kappa shape index (κ2) is 5.03. The summed E-state index contributed by atoms with van der Waals surface area (Å²) < 4.78 is 6.59. The van der Waals surface area contributed by atoms with E-state index >= 15 is 0 Å². The Kier molecular flexibility index (Phi) is 3.42. The van der Waals surface area contributed by atoms with Gasteiger partial charge in [-0.2, -0.15) is 0 Å². The lowest BCUT2D eigenvalue weighted by Crippen LogP contribution is -2.06. The molecule has 9 heteroatoms. The lowest BCUT2D eigenvalue weighted by molar-refractivity contribution is -0.388. The molecule has 2 aromatic rings. The van der Waals surface area contributed by atoms with Crippen molar-refractivity contribution in [3.63, 3.8) is 0 Å². The van der Waals surface area contributed by atoms with Gasteiger partial charge in [0.05, 0.1) is 6.54 Å². The van der Waals surface area contributed by atoms with Gasteiger partial charge in [0.2, 0.25) is 17.4 Å². The van der Waals surface area contributed by atoms with E-state index in [1.165, 1.54) is 12.1 Å². The van der Waals surface area contributed by atoms with Crippen LogP contribution in [-0.2, 0) is 13.6 Å². The number of aromatic nitrogens is 2. The number of aryl methyl sites for hydroxylation is 1. The lowest BCUT2D eigenvalue weighted by atomic mass is 10.4. The fourth-order valence-electron chi connectivity index (χ4n) is 1.68. The van der Waals surface area contributed by atoms with Crippen LogP contribution < -0.4 is 5.32 Å². The summed E-state index contributed by atoms with van der Waals surface area (Å²) in [4.78, 5) is 24.8. The predicted molar refractivity (Wildman–Crippen MR) is 67.6 cm³/mol. The third kappa shape index (κ3) is 2.46. The molecule has 0 bridgehead atoms. The average molecular weight is 280 g/mol. The van der Waals surface area contributed by atoms with E-state index in [9.17, 15) is 14.9 Å². The van der Waals surface area contributed by atoms with Crippen molar-refractivity contribution in [3.8, 4) is 0 Å². The van der Waals surface area contributed by atoms with Gasteiger partial charge in [0, 0.05) is 14.0 Å². The Bertz CT molecular complexity index is 672. The van der Waals surface area contributed by atoms with Crippen LogP contribution >= 0.6 is 0 Å². The molecular formula is C11H12N4O5. The molecule has 0 aliphatic carbocycles. The third-order valence-electron chi connectivity index (χ3n) is 2.78. The third-order valence-corrected chi connectivity index (χ3v) is 2.78. The Balaban J connectivity index is 2.18. The first-order chi connectivity index (χ1) is 9.40. The molecule has 2 heterocycles. The van der Waals surface area contributed by atoms with Crippen molar-refractivity contribution in [2.75, 3.05) is 5.32 Å². The maximum Gasteiger partial charge on any atom is 0.406 e. The molecule has 0 amide bonds. The van der Waals surface area contributed by atoms with Crippen LogP contribution in [0, 0.1) is 17.0 Å². The number of carbonyl (C=O) groups is 1. The van der Waals surface area contributed by atoms with E-state index in [0.717, 1.165) is 0 Å². The van der Waals surface area contributed by atoms with Crippen molar-refractivity contribution in [3.05, 3.63) is 39.6 Å². The summed E-state index contributed by atoms with van der Waals surface area (Å²) in [6, 6.07) is 2.81. The van der Waals surface area contributed by atoms with Crippen LogP contribution in [0.2, 0.25) is 0 Å². The van der Waals surface area contributed by atoms with E-state index in [-0.39, 0.29) is 23.9 Å². The first kappa shape index (κ1) is 13.6. The molecule has 2 N–H and O–H groups in total. The van der Waals surface area contributed by atoms with Gasteiger partial charge in [-0.25, -0.2) is 4.79 Å². The quantitative estimate of drug-likeness (QED) is 0.628. The standard InChI is InChI=1S/C11H12N4O5/c1-6-13-10(15(18)19)9(14(6)2)12-5-7-3-4-8(20-7)11(16)17/h3-4,12H,5H2,1-2H3,(H,16,17). The van der Waals surface area contributed by atoms with Crippen molar-refractivity contribution in [1.82, 2.24) is 9.55 Å². The number of hydrogen-bond acceptors (Lipinski definition) is 6. The molecule has 2 aromatic heterocycles. The molecule has 20 heavy (non-hydrogen) atoms. The van der Waals surface area contributed by atoms with Crippen molar-refractivity contribution in [2.24, 2.45) is 7.05 Å². The zero-order valence-corrected chi connectivity index (χ0v) is 10.8. The molecule has 0 unspecified atom stereocenters. The van der Waals surface area contributed by atoms with Gasteiger partial charge in [0.1, 0.15) is 5.76 Å². The summed E-state index contributed by atoms with van der Waals surface area (Å²) in [7, 11) is 1.64. The Morgan fingerprint density at radius 2 is 2.30 bits per heavy atom. The molecule has 0 saturated carbocycles.